The van der Waals surface area contributed by atoms with E-state index in [2.05, 4.69) is 26.6 Å². The van der Waals surface area contributed by atoms with Crippen molar-refractivity contribution >= 4 is 44.9 Å². The van der Waals surface area contributed by atoms with Crippen molar-refractivity contribution in [2.45, 2.75) is 6.92 Å². The van der Waals surface area contributed by atoms with E-state index in [4.69, 9.17) is 21.1 Å². The summed E-state index contributed by atoms with van der Waals surface area (Å²) >= 11 is 9.43. The topological polar surface area (TPSA) is 59.6 Å². The number of rotatable bonds is 4. The molecule has 0 saturated carbocycles. The van der Waals surface area contributed by atoms with E-state index < -0.39 is 6.03 Å². The Hall–Kier alpha value is -1.92. The number of hydrogen-bond donors (Lipinski definition) is 2. The Bertz CT molecular complexity index is 738. The van der Waals surface area contributed by atoms with Crippen LogP contribution in [0.15, 0.2) is 34.8 Å². The third-order valence-electron chi connectivity index (χ3n) is 3.16. The number of ether oxygens (including phenoxy) is 2. The van der Waals surface area contributed by atoms with Crippen molar-refractivity contribution in [2.75, 3.05) is 24.9 Å². The van der Waals surface area contributed by atoms with Crippen LogP contribution in [0.5, 0.6) is 11.5 Å². The van der Waals surface area contributed by atoms with E-state index in [1.165, 1.54) is 14.2 Å². The predicted octanol–water partition coefficient (Wildman–Crippen LogP) is 5.07. The molecule has 2 amide bonds. The number of carbonyl (C=O) groups is 1. The first-order valence-electron chi connectivity index (χ1n) is 6.70. The number of amides is 2. The van der Waals surface area contributed by atoms with Gasteiger partial charge in [-0.1, -0.05) is 27.5 Å². The number of anilines is 2. The third kappa shape index (κ3) is 4.30. The number of urea groups is 1. The maximum absolute atomic E-state index is 12.2. The fourth-order valence-electron chi connectivity index (χ4n) is 2.00. The lowest BCUT2D eigenvalue weighted by Crippen LogP contribution is -2.20. The zero-order chi connectivity index (χ0) is 17.0. The van der Waals surface area contributed by atoms with E-state index in [1.807, 2.05) is 25.1 Å². The fraction of sp³-hybridized carbons (Fsp3) is 0.188. The van der Waals surface area contributed by atoms with E-state index in [-0.39, 0.29) is 0 Å². The molecule has 23 heavy (non-hydrogen) atoms. The number of methoxy groups -OCH3 is 2. The molecule has 0 saturated heterocycles. The molecule has 0 fully saturated rings. The summed E-state index contributed by atoms with van der Waals surface area (Å²) in [5.41, 5.74) is 2.11. The lowest BCUT2D eigenvalue weighted by molar-refractivity contribution is 0.262. The summed E-state index contributed by atoms with van der Waals surface area (Å²) in [5.74, 6) is 0.890. The smallest absolute Gasteiger partial charge is 0.323 e. The van der Waals surface area contributed by atoms with E-state index in [0.717, 1.165) is 10.0 Å². The molecule has 0 unspecified atom stereocenters. The first-order chi connectivity index (χ1) is 10.9. The molecule has 2 N–H and O–H groups in total. The largest absolute Gasteiger partial charge is 0.495 e. The standard InChI is InChI=1S/C16H16BrClN2O3/c1-9-6-10(17)4-5-12(9)19-16(21)20-13-8-14(22-2)11(18)7-15(13)23-3/h4-8H,1-3H3,(H2,19,20,21). The molecule has 0 radical (unpaired) electrons. The van der Waals surface area contributed by atoms with Gasteiger partial charge < -0.3 is 20.1 Å². The Morgan fingerprint density at radius 2 is 1.70 bits per heavy atom. The lowest BCUT2D eigenvalue weighted by Gasteiger charge is -2.14. The van der Waals surface area contributed by atoms with Crippen LogP contribution in [0.2, 0.25) is 5.02 Å². The molecule has 5 nitrogen and oxygen atoms in total. The van der Waals surface area contributed by atoms with Gasteiger partial charge in [-0.25, -0.2) is 4.79 Å². The molecular weight excluding hydrogens is 384 g/mol. The Morgan fingerprint density at radius 1 is 1.04 bits per heavy atom. The van der Waals surface area contributed by atoms with Crippen LogP contribution in [-0.2, 0) is 0 Å². The van der Waals surface area contributed by atoms with Crippen LogP contribution in [-0.4, -0.2) is 20.3 Å². The SMILES string of the molecule is COc1cc(NC(=O)Nc2ccc(Br)cc2C)c(OC)cc1Cl. The van der Waals surface area contributed by atoms with Gasteiger partial charge >= 0.3 is 6.03 Å². The number of halogens is 2. The van der Waals surface area contributed by atoms with Crippen LogP contribution >= 0.6 is 27.5 Å². The van der Waals surface area contributed by atoms with Crippen molar-refractivity contribution in [2.24, 2.45) is 0 Å². The lowest BCUT2D eigenvalue weighted by atomic mass is 10.2. The van der Waals surface area contributed by atoms with Gasteiger partial charge in [-0.2, -0.15) is 0 Å². The van der Waals surface area contributed by atoms with Crippen LogP contribution in [0.1, 0.15) is 5.56 Å². The van der Waals surface area contributed by atoms with Crippen molar-refractivity contribution in [1.82, 2.24) is 0 Å². The zero-order valence-electron chi connectivity index (χ0n) is 12.9. The summed E-state index contributed by atoms with van der Waals surface area (Å²) in [6.07, 6.45) is 0. The van der Waals surface area contributed by atoms with Gasteiger partial charge in [0, 0.05) is 22.3 Å². The Balaban J connectivity index is 2.19. The molecule has 0 aliphatic rings. The minimum absolute atomic E-state index is 0.391. The van der Waals surface area contributed by atoms with E-state index in [1.54, 1.807) is 12.1 Å². The summed E-state index contributed by atoms with van der Waals surface area (Å²) in [4.78, 5) is 12.2. The Kier molecular flexibility index (Phi) is 5.74. The van der Waals surface area contributed by atoms with E-state index in [9.17, 15) is 4.79 Å². The number of nitrogens with one attached hydrogen (secondary N) is 2. The zero-order valence-corrected chi connectivity index (χ0v) is 15.2. The average molecular weight is 400 g/mol. The maximum atomic E-state index is 12.2. The van der Waals surface area contributed by atoms with Crippen molar-refractivity contribution in [3.63, 3.8) is 0 Å². The number of hydrogen-bond acceptors (Lipinski definition) is 3. The van der Waals surface area contributed by atoms with Crippen LogP contribution in [0.3, 0.4) is 0 Å². The molecule has 2 aromatic carbocycles. The molecule has 0 heterocycles. The van der Waals surface area contributed by atoms with Crippen molar-refractivity contribution < 1.29 is 14.3 Å². The van der Waals surface area contributed by atoms with Crippen LogP contribution in [0, 0.1) is 6.92 Å². The summed E-state index contributed by atoms with van der Waals surface area (Å²) in [6.45, 7) is 1.91. The average Bonchev–Trinajstić information content (AvgIpc) is 2.51. The molecule has 2 rings (SSSR count). The summed E-state index contributed by atoms with van der Waals surface area (Å²) in [5, 5.41) is 5.92. The number of benzene rings is 2. The molecule has 2 aromatic rings. The highest BCUT2D eigenvalue weighted by Crippen LogP contribution is 2.36. The quantitative estimate of drug-likeness (QED) is 0.754. The minimum atomic E-state index is -0.391. The van der Waals surface area contributed by atoms with Crippen molar-refractivity contribution in [3.05, 3.63) is 45.4 Å². The second kappa shape index (κ2) is 7.57. The van der Waals surface area contributed by atoms with E-state index in [0.29, 0.717) is 27.9 Å². The molecule has 0 aliphatic heterocycles. The van der Waals surface area contributed by atoms with Gasteiger partial charge in [0.1, 0.15) is 11.5 Å². The predicted molar refractivity (Wildman–Crippen MR) is 96.1 cm³/mol. The van der Waals surface area contributed by atoms with Gasteiger partial charge in [-0.05, 0) is 30.7 Å². The number of carbonyl (C=O) groups excluding carboxylic acids is 1. The second-order valence-electron chi connectivity index (χ2n) is 4.73. The van der Waals surface area contributed by atoms with Gasteiger partial charge in [0.25, 0.3) is 0 Å². The number of aryl methyl sites for hydroxylation is 1. The minimum Gasteiger partial charge on any atom is -0.495 e. The van der Waals surface area contributed by atoms with Crippen LogP contribution in [0.25, 0.3) is 0 Å². The molecule has 0 bridgehead atoms. The van der Waals surface area contributed by atoms with E-state index >= 15 is 0 Å². The van der Waals surface area contributed by atoms with Gasteiger partial charge in [-0.15, -0.1) is 0 Å². The van der Waals surface area contributed by atoms with Gasteiger partial charge in [-0.3, -0.25) is 0 Å². The molecule has 0 atom stereocenters. The molecule has 122 valence electrons. The molecule has 7 heteroatoms. The summed E-state index contributed by atoms with van der Waals surface area (Å²) in [6, 6.07) is 8.39. The van der Waals surface area contributed by atoms with Crippen LogP contribution in [0.4, 0.5) is 16.2 Å². The van der Waals surface area contributed by atoms with Crippen molar-refractivity contribution in [3.8, 4) is 11.5 Å². The highest BCUT2D eigenvalue weighted by Gasteiger charge is 2.13. The monoisotopic (exact) mass is 398 g/mol. The normalized spacial score (nSPS) is 10.1. The Morgan fingerprint density at radius 3 is 2.30 bits per heavy atom. The van der Waals surface area contributed by atoms with Gasteiger partial charge in [0.15, 0.2) is 0 Å². The first kappa shape index (κ1) is 17.4. The molecule has 0 spiro atoms. The third-order valence-corrected chi connectivity index (χ3v) is 3.95. The highest BCUT2D eigenvalue weighted by atomic mass is 79.9. The Labute approximate surface area is 148 Å². The first-order valence-corrected chi connectivity index (χ1v) is 7.87. The molecule has 0 aliphatic carbocycles. The van der Waals surface area contributed by atoms with Crippen molar-refractivity contribution in [1.29, 1.82) is 0 Å². The summed E-state index contributed by atoms with van der Waals surface area (Å²) < 4.78 is 11.3. The van der Waals surface area contributed by atoms with Gasteiger partial charge in [0.2, 0.25) is 0 Å². The van der Waals surface area contributed by atoms with Crippen LogP contribution < -0.4 is 20.1 Å². The second-order valence-corrected chi connectivity index (χ2v) is 6.05. The van der Waals surface area contributed by atoms with Gasteiger partial charge in [0.05, 0.1) is 24.9 Å². The molecular formula is C16H16BrClN2O3. The molecule has 0 aromatic heterocycles. The highest BCUT2D eigenvalue weighted by molar-refractivity contribution is 9.10. The fourth-order valence-corrected chi connectivity index (χ4v) is 2.71. The summed E-state index contributed by atoms with van der Waals surface area (Å²) in [7, 11) is 3.00. The maximum Gasteiger partial charge on any atom is 0.323 e.